The van der Waals surface area contributed by atoms with Gasteiger partial charge in [0.25, 0.3) is 5.91 Å². The first-order valence-corrected chi connectivity index (χ1v) is 8.07. The van der Waals surface area contributed by atoms with Gasteiger partial charge in [0.15, 0.2) is 0 Å². The van der Waals surface area contributed by atoms with Crippen molar-refractivity contribution in [1.29, 1.82) is 0 Å². The molecule has 2 rings (SSSR count). The second kappa shape index (κ2) is 7.75. The second-order valence-corrected chi connectivity index (χ2v) is 6.83. The van der Waals surface area contributed by atoms with Crippen molar-refractivity contribution in [2.24, 2.45) is 5.10 Å². The number of benzene rings is 2. The number of hydrazone groups is 1. The van der Waals surface area contributed by atoms with E-state index in [1.54, 1.807) is 42.6 Å². The van der Waals surface area contributed by atoms with E-state index in [0.29, 0.717) is 11.3 Å². The van der Waals surface area contributed by atoms with Crippen molar-refractivity contribution in [3.8, 4) is 0 Å². The van der Waals surface area contributed by atoms with Gasteiger partial charge in [0.2, 0.25) is 5.91 Å². The minimum atomic E-state index is -0.258. The smallest absolute Gasteiger partial charge is 0.271 e. The van der Waals surface area contributed by atoms with E-state index in [4.69, 9.17) is 0 Å². The molecule has 0 spiro atoms. The fourth-order valence-electron chi connectivity index (χ4n) is 2.21. The van der Waals surface area contributed by atoms with E-state index in [0.717, 1.165) is 5.56 Å². The number of rotatable bonds is 4. The van der Waals surface area contributed by atoms with Gasteiger partial charge in [-0.2, -0.15) is 5.10 Å². The van der Waals surface area contributed by atoms with Crippen LogP contribution < -0.4 is 10.7 Å². The van der Waals surface area contributed by atoms with Crippen LogP contribution in [0.25, 0.3) is 0 Å². The monoisotopic (exact) mass is 337 g/mol. The van der Waals surface area contributed by atoms with E-state index in [1.165, 1.54) is 12.5 Å². The lowest BCUT2D eigenvalue weighted by Crippen LogP contribution is -2.18. The van der Waals surface area contributed by atoms with Gasteiger partial charge < -0.3 is 5.32 Å². The summed E-state index contributed by atoms with van der Waals surface area (Å²) in [6.45, 7) is 7.84. The summed E-state index contributed by atoms with van der Waals surface area (Å²) in [7, 11) is 0. The maximum absolute atomic E-state index is 12.1. The Morgan fingerprint density at radius 1 is 0.960 bits per heavy atom. The second-order valence-electron chi connectivity index (χ2n) is 6.83. The SMILES string of the molecule is CC(=O)Nc1ccc(/C=N/NC(=O)c2ccc(C(C)(C)C)cc2)cc1. The molecule has 130 valence electrons. The highest BCUT2D eigenvalue weighted by molar-refractivity contribution is 5.95. The zero-order valence-corrected chi connectivity index (χ0v) is 15.0. The summed E-state index contributed by atoms with van der Waals surface area (Å²) in [6, 6.07) is 14.7. The van der Waals surface area contributed by atoms with E-state index in [2.05, 4.69) is 36.6 Å². The number of amides is 2. The molecule has 0 aliphatic rings. The molecule has 0 atom stereocenters. The Hall–Kier alpha value is -2.95. The number of hydrogen-bond acceptors (Lipinski definition) is 3. The van der Waals surface area contributed by atoms with Crippen LogP contribution in [0.2, 0.25) is 0 Å². The first-order valence-electron chi connectivity index (χ1n) is 8.07. The van der Waals surface area contributed by atoms with Crippen molar-refractivity contribution in [1.82, 2.24) is 5.43 Å². The Bertz CT molecular complexity index is 770. The third-order valence-electron chi connectivity index (χ3n) is 3.62. The number of carbonyl (C=O) groups excluding carboxylic acids is 2. The molecule has 0 unspecified atom stereocenters. The molecule has 5 heteroatoms. The predicted molar refractivity (Wildman–Crippen MR) is 101 cm³/mol. The molecule has 2 aromatic rings. The number of hydrogen-bond donors (Lipinski definition) is 2. The molecule has 5 nitrogen and oxygen atoms in total. The molecular weight excluding hydrogens is 314 g/mol. The Morgan fingerprint density at radius 3 is 2.08 bits per heavy atom. The molecule has 0 saturated carbocycles. The fraction of sp³-hybridized carbons (Fsp3) is 0.250. The topological polar surface area (TPSA) is 70.6 Å². The van der Waals surface area contributed by atoms with Gasteiger partial charge >= 0.3 is 0 Å². The predicted octanol–water partition coefficient (Wildman–Crippen LogP) is 3.71. The van der Waals surface area contributed by atoms with Crippen molar-refractivity contribution in [2.45, 2.75) is 33.1 Å². The van der Waals surface area contributed by atoms with Crippen molar-refractivity contribution in [2.75, 3.05) is 5.32 Å². The minimum absolute atomic E-state index is 0.0522. The summed E-state index contributed by atoms with van der Waals surface area (Å²) < 4.78 is 0. The third-order valence-corrected chi connectivity index (χ3v) is 3.62. The van der Waals surface area contributed by atoms with Gasteiger partial charge in [-0.3, -0.25) is 9.59 Å². The summed E-state index contributed by atoms with van der Waals surface area (Å²) >= 11 is 0. The van der Waals surface area contributed by atoms with Crippen LogP contribution in [-0.4, -0.2) is 18.0 Å². The molecule has 0 heterocycles. The summed E-state index contributed by atoms with van der Waals surface area (Å²) in [5.41, 5.74) is 5.83. The van der Waals surface area contributed by atoms with E-state index in [-0.39, 0.29) is 17.2 Å². The van der Waals surface area contributed by atoms with Crippen LogP contribution in [0.15, 0.2) is 53.6 Å². The van der Waals surface area contributed by atoms with Gasteiger partial charge in [0.05, 0.1) is 6.21 Å². The standard InChI is InChI=1S/C20H23N3O2/c1-14(24)22-18-11-5-15(6-12-18)13-21-23-19(25)16-7-9-17(10-8-16)20(2,3)4/h5-13H,1-4H3,(H,22,24)(H,23,25)/b21-13+. The lowest BCUT2D eigenvalue weighted by Gasteiger charge is -2.18. The molecular formula is C20H23N3O2. The lowest BCUT2D eigenvalue weighted by atomic mass is 9.87. The van der Waals surface area contributed by atoms with Crippen LogP contribution in [-0.2, 0) is 10.2 Å². The maximum Gasteiger partial charge on any atom is 0.271 e. The first kappa shape index (κ1) is 18.4. The minimum Gasteiger partial charge on any atom is -0.326 e. The molecule has 0 aliphatic carbocycles. The average molecular weight is 337 g/mol. The third kappa shape index (κ3) is 5.57. The van der Waals surface area contributed by atoms with Gasteiger partial charge in [0, 0.05) is 18.2 Å². The number of nitrogens with one attached hydrogen (secondary N) is 2. The molecule has 2 N–H and O–H groups in total. The summed E-state index contributed by atoms with van der Waals surface area (Å²) in [6.07, 6.45) is 1.55. The molecule has 0 bridgehead atoms. The molecule has 2 amide bonds. The highest BCUT2D eigenvalue weighted by Crippen LogP contribution is 2.22. The van der Waals surface area contributed by atoms with E-state index in [1.807, 2.05) is 12.1 Å². The van der Waals surface area contributed by atoms with E-state index < -0.39 is 0 Å². The van der Waals surface area contributed by atoms with E-state index >= 15 is 0 Å². The van der Waals surface area contributed by atoms with Gasteiger partial charge in [0.1, 0.15) is 0 Å². The van der Waals surface area contributed by atoms with Gasteiger partial charge in [-0.05, 0) is 40.8 Å². The van der Waals surface area contributed by atoms with Crippen LogP contribution in [0.4, 0.5) is 5.69 Å². The molecule has 25 heavy (non-hydrogen) atoms. The number of nitrogens with zero attached hydrogens (tertiary/aromatic N) is 1. The Labute approximate surface area is 148 Å². The molecule has 0 aromatic heterocycles. The summed E-state index contributed by atoms with van der Waals surface area (Å²) in [5.74, 6) is -0.377. The van der Waals surface area contributed by atoms with Crippen LogP contribution >= 0.6 is 0 Å². The quantitative estimate of drug-likeness (QED) is 0.659. The molecule has 0 radical (unpaired) electrons. The average Bonchev–Trinajstić information content (AvgIpc) is 2.55. The van der Waals surface area contributed by atoms with Crippen LogP contribution in [0.5, 0.6) is 0 Å². The number of anilines is 1. The van der Waals surface area contributed by atoms with Gasteiger partial charge in [-0.15, -0.1) is 0 Å². The molecule has 0 aliphatic heterocycles. The Kier molecular flexibility index (Phi) is 5.70. The van der Waals surface area contributed by atoms with Crippen molar-refractivity contribution >= 4 is 23.7 Å². The normalized spacial score (nSPS) is 11.4. The largest absolute Gasteiger partial charge is 0.326 e. The zero-order chi connectivity index (χ0) is 18.4. The van der Waals surface area contributed by atoms with Crippen LogP contribution in [0.1, 0.15) is 49.2 Å². The Balaban J connectivity index is 1.95. The van der Waals surface area contributed by atoms with Crippen molar-refractivity contribution < 1.29 is 9.59 Å². The van der Waals surface area contributed by atoms with E-state index in [9.17, 15) is 9.59 Å². The molecule has 2 aromatic carbocycles. The highest BCUT2D eigenvalue weighted by atomic mass is 16.2. The summed E-state index contributed by atoms with van der Waals surface area (Å²) in [5, 5.41) is 6.66. The maximum atomic E-state index is 12.1. The van der Waals surface area contributed by atoms with Gasteiger partial charge in [-0.25, -0.2) is 5.43 Å². The fourth-order valence-corrected chi connectivity index (χ4v) is 2.21. The number of carbonyl (C=O) groups is 2. The van der Waals surface area contributed by atoms with Crippen molar-refractivity contribution in [3.05, 3.63) is 65.2 Å². The van der Waals surface area contributed by atoms with Gasteiger partial charge in [-0.1, -0.05) is 45.0 Å². The summed E-state index contributed by atoms with van der Waals surface area (Å²) in [4.78, 5) is 23.1. The zero-order valence-electron chi connectivity index (χ0n) is 15.0. The van der Waals surface area contributed by atoms with Crippen LogP contribution in [0, 0.1) is 0 Å². The highest BCUT2D eigenvalue weighted by Gasteiger charge is 2.14. The molecule has 0 saturated heterocycles. The Morgan fingerprint density at radius 2 is 1.56 bits per heavy atom. The van der Waals surface area contributed by atoms with Crippen LogP contribution in [0.3, 0.4) is 0 Å². The molecule has 0 fully saturated rings. The first-order chi connectivity index (χ1) is 11.8. The lowest BCUT2D eigenvalue weighted by molar-refractivity contribution is -0.114. The van der Waals surface area contributed by atoms with Crippen molar-refractivity contribution in [3.63, 3.8) is 0 Å².